The van der Waals surface area contributed by atoms with Crippen molar-refractivity contribution in [2.45, 2.75) is 45.7 Å². The van der Waals surface area contributed by atoms with Crippen LogP contribution in [0.25, 0.3) is 0 Å². The average Bonchev–Trinajstić information content (AvgIpc) is 3.34. The van der Waals surface area contributed by atoms with Gasteiger partial charge in [0.1, 0.15) is 6.04 Å². The van der Waals surface area contributed by atoms with E-state index in [4.69, 9.17) is 5.73 Å². The van der Waals surface area contributed by atoms with E-state index < -0.39 is 6.04 Å². The van der Waals surface area contributed by atoms with Crippen molar-refractivity contribution >= 4 is 11.8 Å². The number of nitrogens with two attached hydrogens (primary N) is 1. The predicted molar refractivity (Wildman–Crippen MR) is 91.0 cm³/mol. The lowest BCUT2D eigenvalue weighted by Gasteiger charge is -2.23. The Morgan fingerprint density at radius 1 is 1.26 bits per heavy atom. The molecule has 1 saturated carbocycles. The maximum Gasteiger partial charge on any atom is 0.252 e. The van der Waals surface area contributed by atoms with Crippen molar-refractivity contribution in [3.63, 3.8) is 0 Å². The van der Waals surface area contributed by atoms with Gasteiger partial charge in [-0.25, -0.2) is 0 Å². The van der Waals surface area contributed by atoms with Crippen LogP contribution in [0, 0.1) is 18.8 Å². The first kappa shape index (κ1) is 17.5. The normalized spacial score (nSPS) is 16.7. The maximum absolute atomic E-state index is 12.4. The van der Waals surface area contributed by atoms with Gasteiger partial charge in [0.25, 0.3) is 5.91 Å². The zero-order valence-electron chi connectivity index (χ0n) is 14.1. The first-order valence-electron chi connectivity index (χ1n) is 8.30. The van der Waals surface area contributed by atoms with Crippen LogP contribution in [-0.4, -0.2) is 30.4 Å². The third kappa shape index (κ3) is 4.79. The Kier molecular flexibility index (Phi) is 5.77. The predicted octanol–water partition coefficient (Wildman–Crippen LogP) is 1.60. The average molecular weight is 317 g/mol. The summed E-state index contributed by atoms with van der Waals surface area (Å²) in [7, 11) is 0. The van der Waals surface area contributed by atoms with Crippen LogP contribution in [0.1, 0.15) is 42.6 Å². The number of hydrogen-bond donors (Lipinski definition) is 3. The Morgan fingerprint density at radius 3 is 2.48 bits per heavy atom. The number of carbonyl (C=O) groups excluding carboxylic acids is 2. The molecule has 5 nitrogen and oxygen atoms in total. The van der Waals surface area contributed by atoms with Crippen LogP contribution >= 0.6 is 0 Å². The molecule has 2 atom stereocenters. The first-order valence-corrected chi connectivity index (χ1v) is 8.30. The van der Waals surface area contributed by atoms with E-state index >= 15 is 0 Å². The van der Waals surface area contributed by atoms with E-state index in [0.717, 1.165) is 18.4 Å². The van der Waals surface area contributed by atoms with Crippen molar-refractivity contribution in [1.29, 1.82) is 0 Å². The molecule has 0 saturated heterocycles. The number of benzene rings is 1. The highest BCUT2D eigenvalue weighted by molar-refractivity contribution is 5.98. The molecule has 0 radical (unpaired) electrons. The SMILES string of the molecule is Cc1ccccc1C(=O)NC(C(=O)NCC(N)C1CC1)C(C)C. The van der Waals surface area contributed by atoms with Gasteiger partial charge in [-0.3, -0.25) is 9.59 Å². The van der Waals surface area contributed by atoms with Gasteiger partial charge in [-0.15, -0.1) is 0 Å². The zero-order chi connectivity index (χ0) is 17.0. The molecule has 0 aromatic heterocycles. The highest BCUT2D eigenvalue weighted by atomic mass is 16.2. The van der Waals surface area contributed by atoms with Crippen molar-refractivity contribution in [1.82, 2.24) is 10.6 Å². The van der Waals surface area contributed by atoms with Gasteiger partial charge in [-0.2, -0.15) is 0 Å². The van der Waals surface area contributed by atoms with Crippen LogP contribution in [0.5, 0.6) is 0 Å². The Bertz CT molecular complexity index is 567. The lowest BCUT2D eigenvalue weighted by atomic mass is 10.0. The molecule has 2 rings (SSSR count). The number of rotatable bonds is 7. The summed E-state index contributed by atoms with van der Waals surface area (Å²) in [4.78, 5) is 24.8. The molecule has 1 fully saturated rings. The number of aryl methyl sites for hydroxylation is 1. The lowest BCUT2D eigenvalue weighted by Crippen LogP contribution is -2.52. The molecule has 2 unspecified atom stereocenters. The standard InChI is InChI=1S/C18H27N3O2/c1-11(2)16(18(23)20-10-15(19)13-8-9-13)21-17(22)14-7-5-4-6-12(14)3/h4-7,11,13,15-16H,8-10,19H2,1-3H3,(H,20,23)(H,21,22). The molecule has 4 N–H and O–H groups in total. The second-order valence-electron chi connectivity index (χ2n) is 6.76. The summed E-state index contributed by atoms with van der Waals surface area (Å²) >= 11 is 0. The molecule has 0 bridgehead atoms. The Labute approximate surface area is 138 Å². The molecule has 0 heterocycles. The molecule has 1 aromatic carbocycles. The second-order valence-corrected chi connectivity index (χ2v) is 6.76. The summed E-state index contributed by atoms with van der Waals surface area (Å²) in [6.45, 7) is 6.19. The van der Waals surface area contributed by atoms with Crippen LogP contribution in [0.15, 0.2) is 24.3 Å². The molecular formula is C18H27N3O2. The fourth-order valence-electron chi connectivity index (χ4n) is 2.60. The zero-order valence-corrected chi connectivity index (χ0v) is 14.1. The van der Waals surface area contributed by atoms with Crippen LogP contribution in [0.4, 0.5) is 0 Å². The number of hydrogen-bond acceptors (Lipinski definition) is 3. The van der Waals surface area contributed by atoms with Gasteiger partial charge >= 0.3 is 0 Å². The number of carbonyl (C=O) groups is 2. The summed E-state index contributed by atoms with van der Waals surface area (Å²) in [5.41, 5.74) is 7.50. The van der Waals surface area contributed by atoms with E-state index in [1.54, 1.807) is 6.07 Å². The van der Waals surface area contributed by atoms with E-state index in [9.17, 15) is 9.59 Å². The third-order valence-electron chi connectivity index (χ3n) is 4.36. The summed E-state index contributed by atoms with van der Waals surface area (Å²) in [5, 5.41) is 5.73. The van der Waals surface area contributed by atoms with E-state index in [1.807, 2.05) is 39.0 Å². The fourth-order valence-corrected chi connectivity index (χ4v) is 2.60. The second kappa shape index (κ2) is 7.59. The van der Waals surface area contributed by atoms with Crippen molar-refractivity contribution in [2.75, 3.05) is 6.54 Å². The van der Waals surface area contributed by atoms with Crippen molar-refractivity contribution in [2.24, 2.45) is 17.6 Å². The lowest BCUT2D eigenvalue weighted by molar-refractivity contribution is -0.124. The highest BCUT2D eigenvalue weighted by Crippen LogP contribution is 2.31. The topological polar surface area (TPSA) is 84.2 Å². The molecule has 1 aliphatic carbocycles. The Balaban J connectivity index is 1.96. The molecule has 1 aliphatic rings. The van der Waals surface area contributed by atoms with Crippen molar-refractivity contribution in [3.05, 3.63) is 35.4 Å². The van der Waals surface area contributed by atoms with Gasteiger partial charge < -0.3 is 16.4 Å². The summed E-state index contributed by atoms with van der Waals surface area (Å²) < 4.78 is 0. The Hall–Kier alpha value is -1.88. The number of nitrogens with one attached hydrogen (secondary N) is 2. The minimum absolute atomic E-state index is 0.000109. The molecule has 0 aliphatic heterocycles. The van der Waals surface area contributed by atoms with Gasteiger partial charge in [-0.05, 0) is 43.2 Å². The third-order valence-corrected chi connectivity index (χ3v) is 4.36. The quantitative estimate of drug-likeness (QED) is 0.714. The Morgan fingerprint density at radius 2 is 1.91 bits per heavy atom. The maximum atomic E-state index is 12.4. The molecular weight excluding hydrogens is 290 g/mol. The molecule has 1 aromatic rings. The minimum atomic E-state index is -0.562. The van der Waals surface area contributed by atoms with Crippen molar-refractivity contribution in [3.8, 4) is 0 Å². The molecule has 2 amide bonds. The molecule has 5 heteroatoms. The minimum Gasteiger partial charge on any atom is -0.353 e. The van der Waals surface area contributed by atoms with Gasteiger partial charge in [0, 0.05) is 18.2 Å². The van der Waals surface area contributed by atoms with Crippen LogP contribution in [-0.2, 0) is 4.79 Å². The van der Waals surface area contributed by atoms with E-state index in [1.165, 1.54) is 0 Å². The fraction of sp³-hybridized carbons (Fsp3) is 0.556. The smallest absolute Gasteiger partial charge is 0.252 e. The van der Waals surface area contributed by atoms with Crippen molar-refractivity contribution < 1.29 is 9.59 Å². The highest BCUT2D eigenvalue weighted by Gasteiger charge is 2.30. The first-order chi connectivity index (χ1) is 10.9. The van der Waals surface area contributed by atoms with E-state index in [-0.39, 0.29) is 23.8 Å². The van der Waals surface area contributed by atoms with Crippen LogP contribution in [0.2, 0.25) is 0 Å². The van der Waals surface area contributed by atoms with Crippen LogP contribution in [0.3, 0.4) is 0 Å². The largest absolute Gasteiger partial charge is 0.353 e. The van der Waals surface area contributed by atoms with E-state index in [0.29, 0.717) is 18.0 Å². The molecule has 23 heavy (non-hydrogen) atoms. The van der Waals surface area contributed by atoms with E-state index in [2.05, 4.69) is 10.6 Å². The van der Waals surface area contributed by atoms with Crippen LogP contribution < -0.4 is 16.4 Å². The molecule has 0 spiro atoms. The van der Waals surface area contributed by atoms with Gasteiger partial charge in [-0.1, -0.05) is 32.0 Å². The molecule has 126 valence electrons. The summed E-state index contributed by atoms with van der Waals surface area (Å²) in [6, 6.07) is 6.81. The van der Waals surface area contributed by atoms with Gasteiger partial charge in [0.2, 0.25) is 5.91 Å². The van der Waals surface area contributed by atoms with Gasteiger partial charge in [0.15, 0.2) is 0 Å². The van der Waals surface area contributed by atoms with Gasteiger partial charge in [0.05, 0.1) is 0 Å². The monoisotopic (exact) mass is 317 g/mol. The summed E-state index contributed by atoms with van der Waals surface area (Å²) in [5.74, 6) is 0.149. The number of amides is 2. The summed E-state index contributed by atoms with van der Waals surface area (Å²) in [6.07, 6.45) is 2.29.